The fraction of sp³-hybridized carbons (Fsp3) is 0.0667. The maximum absolute atomic E-state index is 12.4. The van der Waals surface area contributed by atoms with Gasteiger partial charge in [0.2, 0.25) is 0 Å². The lowest BCUT2D eigenvalue weighted by Crippen LogP contribution is -2.04. The van der Waals surface area contributed by atoms with Gasteiger partial charge in [0, 0.05) is 15.6 Å². The van der Waals surface area contributed by atoms with Crippen LogP contribution in [0.15, 0.2) is 53.0 Å². The summed E-state index contributed by atoms with van der Waals surface area (Å²) in [4.78, 5) is 0. The van der Waals surface area contributed by atoms with Gasteiger partial charge in [-0.25, -0.2) is 0 Å². The lowest BCUT2D eigenvalue weighted by Gasteiger charge is -2.05. The van der Waals surface area contributed by atoms with Gasteiger partial charge >= 0.3 is 6.18 Å². The van der Waals surface area contributed by atoms with E-state index in [-0.39, 0.29) is 0 Å². The molecule has 0 aliphatic rings. The molecule has 0 aliphatic heterocycles. The van der Waals surface area contributed by atoms with Gasteiger partial charge in [-0.1, -0.05) is 24.0 Å². The van der Waals surface area contributed by atoms with Gasteiger partial charge in [0.25, 0.3) is 0 Å². The van der Waals surface area contributed by atoms with Gasteiger partial charge in [-0.15, -0.1) is 0 Å². The van der Waals surface area contributed by atoms with E-state index in [1.807, 2.05) is 24.3 Å². The van der Waals surface area contributed by atoms with Crippen molar-refractivity contribution >= 4 is 15.9 Å². The number of hydrogen-bond acceptors (Lipinski definition) is 0. The van der Waals surface area contributed by atoms with Crippen LogP contribution in [0.3, 0.4) is 0 Å². The normalized spacial score (nSPS) is 10.7. The van der Waals surface area contributed by atoms with Crippen LogP contribution in [0, 0.1) is 11.8 Å². The van der Waals surface area contributed by atoms with Crippen LogP contribution >= 0.6 is 15.9 Å². The second-order valence-electron chi connectivity index (χ2n) is 3.80. The fourth-order valence-corrected chi connectivity index (χ4v) is 1.83. The fourth-order valence-electron chi connectivity index (χ4n) is 1.44. The Morgan fingerprint density at radius 3 is 2.05 bits per heavy atom. The molecule has 0 saturated carbocycles. The van der Waals surface area contributed by atoms with Crippen LogP contribution in [0.25, 0.3) is 0 Å². The number of halogens is 4. The highest BCUT2D eigenvalue weighted by atomic mass is 79.9. The zero-order valence-corrected chi connectivity index (χ0v) is 11.2. The Bertz CT molecular complexity index is 631. The smallest absolute Gasteiger partial charge is 0.166 e. The van der Waals surface area contributed by atoms with Crippen molar-refractivity contribution in [1.82, 2.24) is 0 Å². The topological polar surface area (TPSA) is 0 Å². The summed E-state index contributed by atoms with van der Waals surface area (Å²) in [5.74, 6) is 5.74. The van der Waals surface area contributed by atoms with E-state index in [9.17, 15) is 13.2 Å². The van der Waals surface area contributed by atoms with Crippen molar-refractivity contribution in [2.45, 2.75) is 6.18 Å². The van der Waals surface area contributed by atoms with Crippen molar-refractivity contribution < 1.29 is 13.2 Å². The van der Waals surface area contributed by atoms with Gasteiger partial charge in [0.1, 0.15) is 0 Å². The Morgan fingerprint density at radius 1 is 0.842 bits per heavy atom. The second-order valence-corrected chi connectivity index (χ2v) is 4.66. The lowest BCUT2D eigenvalue weighted by atomic mass is 10.1. The number of rotatable bonds is 0. The van der Waals surface area contributed by atoms with Gasteiger partial charge in [0.05, 0.1) is 5.56 Å². The van der Waals surface area contributed by atoms with Crippen molar-refractivity contribution in [3.8, 4) is 11.8 Å². The van der Waals surface area contributed by atoms with Crippen LogP contribution in [0.1, 0.15) is 16.7 Å². The van der Waals surface area contributed by atoms with Gasteiger partial charge in [-0.3, -0.25) is 0 Å². The van der Waals surface area contributed by atoms with E-state index in [1.165, 1.54) is 12.1 Å². The minimum absolute atomic E-state index is 0.545. The summed E-state index contributed by atoms with van der Waals surface area (Å²) in [5, 5.41) is 0. The summed E-state index contributed by atoms with van der Waals surface area (Å²) in [6, 6.07) is 12.2. The second kappa shape index (κ2) is 5.50. The maximum atomic E-state index is 12.4. The highest BCUT2D eigenvalue weighted by Crippen LogP contribution is 2.28. The average molecular weight is 325 g/mol. The van der Waals surface area contributed by atoms with Crippen LogP contribution in [-0.2, 0) is 6.18 Å². The first kappa shape index (κ1) is 13.7. The first-order valence-corrected chi connectivity index (χ1v) is 6.20. The standard InChI is InChI=1S/C15H8BrF3/c16-14-4-2-1-3-12(14)8-5-11-6-9-13(10-7-11)15(17,18)19/h1-4,6-7,9-10H. The lowest BCUT2D eigenvalue weighted by molar-refractivity contribution is -0.137. The van der Waals surface area contributed by atoms with Crippen LogP contribution in [0.5, 0.6) is 0 Å². The van der Waals surface area contributed by atoms with Crippen LogP contribution in [-0.4, -0.2) is 0 Å². The largest absolute Gasteiger partial charge is 0.416 e. The van der Waals surface area contributed by atoms with Gasteiger partial charge in [-0.05, 0) is 52.3 Å². The van der Waals surface area contributed by atoms with E-state index in [4.69, 9.17) is 0 Å². The highest BCUT2D eigenvalue weighted by Gasteiger charge is 2.29. The van der Waals surface area contributed by atoms with Crippen LogP contribution in [0.4, 0.5) is 13.2 Å². The molecule has 0 unspecified atom stereocenters. The first-order chi connectivity index (χ1) is 8.97. The number of benzene rings is 2. The molecule has 0 amide bonds. The molecule has 2 aromatic rings. The van der Waals surface area contributed by atoms with Gasteiger partial charge in [0.15, 0.2) is 0 Å². The summed E-state index contributed by atoms with van der Waals surface area (Å²) >= 11 is 3.36. The quantitative estimate of drug-likeness (QED) is 0.606. The van der Waals surface area contributed by atoms with E-state index in [0.717, 1.165) is 22.2 Å². The van der Waals surface area contributed by atoms with E-state index in [0.29, 0.717) is 5.56 Å². The minimum Gasteiger partial charge on any atom is -0.166 e. The third kappa shape index (κ3) is 3.62. The van der Waals surface area contributed by atoms with E-state index >= 15 is 0 Å². The Labute approximate surface area is 117 Å². The molecule has 0 radical (unpaired) electrons. The van der Waals surface area contributed by atoms with E-state index < -0.39 is 11.7 Å². The molecule has 0 nitrogen and oxygen atoms in total. The van der Waals surface area contributed by atoms with Crippen molar-refractivity contribution in [2.24, 2.45) is 0 Å². The molecule has 2 aromatic carbocycles. The summed E-state index contributed by atoms with van der Waals surface area (Å²) < 4.78 is 38.0. The predicted molar refractivity (Wildman–Crippen MR) is 71.6 cm³/mol. The number of alkyl halides is 3. The molecular weight excluding hydrogens is 317 g/mol. The molecule has 0 bridgehead atoms. The zero-order valence-electron chi connectivity index (χ0n) is 9.63. The molecule has 0 saturated heterocycles. The molecule has 0 fully saturated rings. The third-order valence-electron chi connectivity index (χ3n) is 2.43. The Morgan fingerprint density at radius 2 is 1.47 bits per heavy atom. The van der Waals surface area contributed by atoms with Crippen LogP contribution < -0.4 is 0 Å². The first-order valence-electron chi connectivity index (χ1n) is 5.40. The molecule has 0 heterocycles. The molecule has 0 atom stereocenters. The molecule has 0 aromatic heterocycles. The van der Waals surface area contributed by atoms with E-state index in [1.54, 1.807) is 0 Å². The average Bonchev–Trinajstić information content (AvgIpc) is 2.37. The highest BCUT2D eigenvalue weighted by molar-refractivity contribution is 9.10. The Balaban J connectivity index is 2.24. The molecule has 0 N–H and O–H groups in total. The monoisotopic (exact) mass is 324 g/mol. The van der Waals surface area contributed by atoms with Crippen LogP contribution in [0.2, 0.25) is 0 Å². The molecule has 19 heavy (non-hydrogen) atoms. The third-order valence-corrected chi connectivity index (χ3v) is 3.12. The van der Waals surface area contributed by atoms with Crippen molar-refractivity contribution in [2.75, 3.05) is 0 Å². The SMILES string of the molecule is FC(F)(F)c1ccc(C#Cc2ccccc2Br)cc1. The minimum atomic E-state index is -4.31. The molecular formula is C15H8BrF3. The zero-order chi connectivity index (χ0) is 13.9. The molecule has 96 valence electrons. The van der Waals surface area contributed by atoms with Gasteiger partial charge < -0.3 is 0 Å². The molecule has 4 heteroatoms. The van der Waals surface area contributed by atoms with Gasteiger partial charge in [-0.2, -0.15) is 13.2 Å². The molecule has 0 spiro atoms. The summed E-state index contributed by atoms with van der Waals surface area (Å²) in [6.45, 7) is 0. The summed E-state index contributed by atoms with van der Waals surface area (Å²) in [7, 11) is 0. The molecule has 0 aliphatic carbocycles. The Hall–Kier alpha value is -1.73. The van der Waals surface area contributed by atoms with Crippen molar-refractivity contribution in [3.05, 3.63) is 69.7 Å². The maximum Gasteiger partial charge on any atom is 0.416 e. The molecule has 2 rings (SSSR count). The summed E-state index contributed by atoms with van der Waals surface area (Å²) in [5.41, 5.74) is 0.671. The number of hydrogen-bond donors (Lipinski definition) is 0. The predicted octanol–water partition coefficient (Wildman–Crippen LogP) is 4.87. The van der Waals surface area contributed by atoms with Crippen molar-refractivity contribution in [3.63, 3.8) is 0 Å². The summed E-state index contributed by atoms with van der Waals surface area (Å²) in [6.07, 6.45) is -4.31. The Kier molecular flexibility index (Phi) is 3.96. The van der Waals surface area contributed by atoms with E-state index in [2.05, 4.69) is 27.8 Å². The van der Waals surface area contributed by atoms with Crippen molar-refractivity contribution in [1.29, 1.82) is 0 Å².